The van der Waals surface area contributed by atoms with E-state index in [2.05, 4.69) is 29.2 Å². The van der Waals surface area contributed by atoms with Crippen LogP contribution >= 0.6 is 0 Å². The summed E-state index contributed by atoms with van der Waals surface area (Å²) in [5.74, 6) is 1.16. The van der Waals surface area contributed by atoms with Crippen molar-refractivity contribution in [3.05, 3.63) is 59.2 Å². The molecule has 2 aliphatic rings. The van der Waals surface area contributed by atoms with Crippen molar-refractivity contribution in [2.24, 2.45) is 5.92 Å². The molecule has 154 valence electrons. The van der Waals surface area contributed by atoms with Gasteiger partial charge in [-0.15, -0.1) is 0 Å². The minimum absolute atomic E-state index is 0.112. The summed E-state index contributed by atoms with van der Waals surface area (Å²) in [4.78, 5) is 15.3. The zero-order valence-electron chi connectivity index (χ0n) is 17.2. The second kappa shape index (κ2) is 8.17. The fourth-order valence-electron chi connectivity index (χ4n) is 4.69. The number of likely N-dealkylation sites (tertiary alicyclic amines) is 1. The van der Waals surface area contributed by atoms with E-state index in [0.29, 0.717) is 42.7 Å². The Morgan fingerprint density at radius 1 is 1.07 bits per heavy atom. The Hall–Kier alpha value is -2.37. The first kappa shape index (κ1) is 19.9. The van der Waals surface area contributed by atoms with Crippen molar-refractivity contribution in [3.63, 3.8) is 0 Å². The standard InChI is InChI=1S/C24H29NO4/c1-28-21-13-18-12-19(23(26)20(18)14-22(21)29-2)15-24(27)8-10-25(11-9-24)16-17-6-4-3-5-7-17/h3-7,13-14,19,27H,8-12,15-16H2,1-2H3. The second-order valence-electron chi connectivity index (χ2n) is 8.32. The van der Waals surface area contributed by atoms with E-state index in [-0.39, 0.29) is 11.7 Å². The second-order valence-corrected chi connectivity index (χ2v) is 8.32. The summed E-state index contributed by atoms with van der Waals surface area (Å²) < 4.78 is 10.7. The van der Waals surface area contributed by atoms with Crippen molar-refractivity contribution in [3.8, 4) is 11.5 Å². The van der Waals surface area contributed by atoms with E-state index < -0.39 is 5.60 Å². The van der Waals surface area contributed by atoms with Gasteiger partial charge < -0.3 is 14.6 Å². The summed E-state index contributed by atoms with van der Waals surface area (Å²) >= 11 is 0. The molecule has 0 spiro atoms. The van der Waals surface area contributed by atoms with Crippen LogP contribution in [0.1, 0.15) is 40.7 Å². The summed E-state index contributed by atoms with van der Waals surface area (Å²) in [5.41, 5.74) is 2.21. The number of hydrogen-bond acceptors (Lipinski definition) is 5. The number of Topliss-reactive ketones (excluding diaryl/α,β-unsaturated/α-hetero) is 1. The van der Waals surface area contributed by atoms with Gasteiger partial charge in [-0.3, -0.25) is 9.69 Å². The minimum Gasteiger partial charge on any atom is -0.493 e. The van der Waals surface area contributed by atoms with Crippen molar-refractivity contribution in [2.75, 3.05) is 27.3 Å². The Kier molecular flexibility index (Phi) is 5.61. The van der Waals surface area contributed by atoms with Crippen LogP contribution in [0.5, 0.6) is 11.5 Å². The molecule has 0 bridgehead atoms. The van der Waals surface area contributed by atoms with Gasteiger partial charge >= 0.3 is 0 Å². The SMILES string of the molecule is COc1cc2c(cc1OC)C(=O)C(CC1(O)CCN(Cc3ccccc3)CC1)C2. The lowest BCUT2D eigenvalue weighted by Gasteiger charge is -2.39. The molecule has 1 atom stereocenters. The molecule has 4 rings (SSSR count). The molecular weight excluding hydrogens is 366 g/mol. The van der Waals surface area contributed by atoms with Crippen LogP contribution in [0.2, 0.25) is 0 Å². The molecule has 1 heterocycles. The van der Waals surface area contributed by atoms with Crippen molar-refractivity contribution >= 4 is 5.78 Å². The summed E-state index contributed by atoms with van der Waals surface area (Å²) in [6.07, 6.45) is 2.58. The van der Waals surface area contributed by atoms with Crippen molar-refractivity contribution < 1.29 is 19.4 Å². The fraction of sp³-hybridized carbons (Fsp3) is 0.458. The molecule has 0 aromatic heterocycles. The van der Waals surface area contributed by atoms with E-state index in [4.69, 9.17) is 9.47 Å². The number of methoxy groups -OCH3 is 2. The topological polar surface area (TPSA) is 59.0 Å². The molecule has 29 heavy (non-hydrogen) atoms. The maximum Gasteiger partial charge on any atom is 0.166 e. The third-order valence-electron chi connectivity index (χ3n) is 6.37. The van der Waals surface area contributed by atoms with E-state index in [1.54, 1.807) is 20.3 Å². The zero-order chi connectivity index (χ0) is 20.4. The van der Waals surface area contributed by atoms with Crippen LogP contribution in [-0.2, 0) is 13.0 Å². The summed E-state index contributed by atoms with van der Waals surface area (Å²) in [6.45, 7) is 2.60. The van der Waals surface area contributed by atoms with E-state index >= 15 is 0 Å². The monoisotopic (exact) mass is 395 g/mol. The highest BCUT2D eigenvalue weighted by Crippen LogP contribution is 2.40. The smallest absolute Gasteiger partial charge is 0.166 e. The molecule has 1 saturated heterocycles. The van der Waals surface area contributed by atoms with Crippen molar-refractivity contribution in [1.82, 2.24) is 4.90 Å². The number of benzene rings is 2. The summed E-state index contributed by atoms with van der Waals surface area (Å²) in [5, 5.41) is 11.2. The Labute approximate surface area is 172 Å². The molecule has 2 aromatic carbocycles. The van der Waals surface area contributed by atoms with Crippen molar-refractivity contribution in [2.45, 2.75) is 37.8 Å². The number of rotatable bonds is 6. The molecule has 2 aromatic rings. The molecule has 1 unspecified atom stereocenters. The largest absolute Gasteiger partial charge is 0.493 e. The zero-order valence-corrected chi connectivity index (χ0v) is 17.2. The number of hydrogen-bond donors (Lipinski definition) is 1. The highest BCUT2D eigenvalue weighted by molar-refractivity contribution is 6.03. The number of carbonyl (C=O) groups excluding carboxylic acids is 1. The third kappa shape index (κ3) is 4.16. The van der Waals surface area contributed by atoms with E-state index in [1.807, 2.05) is 12.1 Å². The molecule has 1 fully saturated rings. The van der Waals surface area contributed by atoms with Gasteiger partial charge in [0.25, 0.3) is 0 Å². The van der Waals surface area contributed by atoms with Gasteiger partial charge in [-0.2, -0.15) is 0 Å². The summed E-state index contributed by atoms with van der Waals surface area (Å²) in [6, 6.07) is 14.1. The first-order valence-electron chi connectivity index (χ1n) is 10.3. The Morgan fingerprint density at radius 3 is 2.38 bits per heavy atom. The van der Waals surface area contributed by atoms with Crippen LogP contribution in [0.25, 0.3) is 0 Å². The van der Waals surface area contributed by atoms with Crippen LogP contribution in [-0.4, -0.2) is 48.7 Å². The first-order valence-corrected chi connectivity index (χ1v) is 10.3. The lowest BCUT2D eigenvalue weighted by atomic mass is 9.81. The maximum atomic E-state index is 13.0. The molecule has 0 saturated carbocycles. The Morgan fingerprint density at radius 2 is 1.72 bits per heavy atom. The highest BCUT2D eigenvalue weighted by atomic mass is 16.5. The lowest BCUT2D eigenvalue weighted by Crippen LogP contribution is -2.45. The Bertz CT molecular complexity index is 872. The number of fused-ring (bicyclic) bond motifs is 1. The number of nitrogens with zero attached hydrogens (tertiary/aromatic N) is 1. The van der Waals surface area contributed by atoms with Crippen LogP contribution in [0, 0.1) is 5.92 Å². The first-order chi connectivity index (χ1) is 14.0. The van der Waals surface area contributed by atoms with Gasteiger partial charge in [0.05, 0.1) is 19.8 Å². The predicted octanol–water partition coefficient (Wildman–Crippen LogP) is 3.48. The molecule has 5 heteroatoms. The lowest BCUT2D eigenvalue weighted by molar-refractivity contribution is -0.0378. The quantitative estimate of drug-likeness (QED) is 0.812. The molecule has 1 aliphatic carbocycles. The van der Waals surface area contributed by atoms with Gasteiger partial charge in [0.2, 0.25) is 0 Å². The predicted molar refractivity (Wildman–Crippen MR) is 112 cm³/mol. The van der Waals surface area contributed by atoms with Gasteiger partial charge in [0, 0.05) is 31.1 Å². The number of ketones is 1. The van der Waals surface area contributed by atoms with Crippen LogP contribution in [0.15, 0.2) is 42.5 Å². The van der Waals surface area contributed by atoms with Crippen molar-refractivity contribution in [1.29, 1.82) is 0 Å². The van der Waals surface area contributed by atoms with Crippen LogP contribution < -0.4 is 9.47 Å². The normalized spacial score (nSPS) is 21.1. The molecule has 5 nitrogen and oxygen atoms in total. The molecule has 1 aliphatic heterocycles. The van der Waals surface area contributed by atoms with E-state index in [9.17, 15) is 9.90 Å². The molecule has 1 N–H and O–H groups in total. The average Bonchev–Trinajstić information content (AvgIpc) is 3.03. The van der Waals surface area contributed by atoms with E-state index in [1.165, 1.54) is 5.56 Å². The maximum absolute atomic E-state index is 13.0. The minimum atomic E-state index is -0.774. The van der Waals surface area contributed by atoms with Gasteiger partial charge in [-0.05, 0) is 48.9 Å². The van der Waals surface area contributed by atoms with E-state index in [0.717, 1.165) is 25.2 Å². The van der Waals surface area contributed by atoms with Gasteiger partial charge in [-0.1, -0.05) is 30.3 Å². The third-order valence-corrected chi connectivity index (χ3v) is 6.37. The highest BCUT2D eigenvalue weighted by Gasteiger charge is 2.40. The average molecular weight is 395 g/mol. The number of aliphatic hydroxyl groups is 1. The number of ether oxygens (including phenoxy) is 2. The summed E-state index contributed by atoms with van der Waals surface area (Å²) in [7, 11) is 3.18. The number of carbonyl (C=O) groups is 1. The van der Waals surface area contributed by atoms with Gasteiger partial charge in [0.15, 0.2) is 17.3 Å². The Balaban J connectivity index is 1.39. The van der Waals surface area contributed by atoms with Gasteiger partial charge in [0.1, 0.15) is 0 Å². The molecular formula is C24H29NO4. The fourth-order valence-corrected chi connectivity index (χ4v) is 4.69. The van der Waals surface area contributed by atoms with Gasteiger partial charge in [-0.25, -0.2) is 0 Å². The number of piperidine rings is 1. The van der Waals surface area contributed by atoms with Crippen LogP contribution in [0.4, 0.5) is 0 Å². The van der Waals surface area contributed by atoms with Crippen LogP contribution in [0.3, 0.4) is 0 Å². The molecule has 0 amide bonds. The molecule has 0 radical (unpaired) electrons.